The average Bonchev–Trinajstić information content (AvgIpc) is 2.81. The molecule has 0 saturated heterocycles. The van der Waals surface area contributed by atoms with Gasteiger partial charge in [0.05, 0.1) is 18.8 Å². The lowest BCUT2D eigenvalue weighted by molar-refractivity contribution is -0.117. The molecule has 0 bridgehead atoms. The topological polar surface area (TPSA) is 85.9 Å². The molecular formula is C25H17I2N3O2. The number of carbonyl (C=O) groups excluding carboxylic acids is 1. The Hall–Kier alpha value is -2.89. The van der Waals surface area contributed by atoms with Crippen LogP contribution in [0.5, 0.6) is 5.75 Å². The molecule has 0 atom stereocenters. The minimum Gasteiger partial charge on any atom is -0.487 e. The SMILES string of the molecule is N#C/C(=C/c1cc(I)c(OCc2ccccc2C#N)c(I)c1)C(=O)NCc1ccccc1. The maximum absolute atomic E-state index is 12.5. The van der Waals surface area contributed by atoms with Gasteiger partial charge in [-0.3, -0.25) is 4.79 Å². The molecule has 5 nitrogen and oxygen atoms in total. The average molecular weight is 645 g/mol. The first-order valence-electron chi connectivity index (χ1n) is 9.55. The first kappa shape index (κ1) is 23.8. The van der Waals surface area contributed by atoms with Gasteiger partial charge in [0.15, 0.2) is 0 Å². The highest BCUT2D eigenvalue weighted by molar-refractivity contribution is 14.1. The van der Waals surface area contributed by atoms with Crippen LogP contribution < -0.4 is 10.1 Å². The quantitative estimate of drug-likeness (QED) is 0.207. The van der Waals surface area contributed by atoms with Crippen molar-refractivity contribution in [1.82, 2.24) is 5.32 Å². The number of halogens is 2. The number of rotatable bonds is 7. The van der Waals surface area contributed by atoms with Crippen molar-refractivity contribution in [1.29, 1.82) is 10.5 Å². The summed E-state index contributed by atoms with van der Waals surface area (Å²) in [7, 11) is 0. The van der Waals surface area contributed by atoms with Crippen LogP contribution in [0.2, 0.25) is 0 Å². The third kappa shape index (κ3) is 6.31. The summed E-state index contributed by atoms with van der Waals surface area (Å²) in [5.41, 5.74) is 3.12. The van der Waals surface area contributed by atoms with Gasteiger partial charge in [-0.25, -0.2) is 0 Å². The smallest absolute Gasteiger partial charge is 0.262 e. The minimum atomic E-state index is -0.421. The monoisotopic (exact) mass is 645 g/mol. The molecule has 7 heteroatoms. The fourth-order valence-electron chi connectivity index (χ4n) is 2.89. The maximum Gasteiger partial charge on any atom is 0.262 e. The number of nitriles is 2. The van der Waals surface area contributed by atoms with Crippen molar-refractivity contribution in [3.05, 3.63) is 102 Å². The summed E-state index contributed by atoms with van der Waals surface area (Å²) >= 11 is 4.33. The fraction of sp³-hybridized carbons (Fsp3) is 0.0800. The zero-order valence-corrected chi connectivity index (χ0v) is 21.1. The van der Waals surface area contributed by atoms with Gasteiger partial charge >= 0.3 is 0 Å². The molecule has 0 spiro atoms. The van der Waals surface area contributed by atoms with Crippen LogP contribution in [0.15, 0.2) is 72.3 Å². The Morgan fingerprint density at radius 1 is 1.00 bits per heavy atom. The summed E-state index contributed by atoms with van der Waals surface area (Å²) in [6.07, 6.45) is 1.57. The Labute approximate surface area is 214 Å². The molecule has 158 valence electrons. The zero-order chi connectivity index (χ0) is 22.9. The molecule has 32 heavy (non-hydrogen) atoms. The summed E-state index contributed by atoms with van der Waals surface area (Å²) in [5, 5.41) is 21.5. The van der Waals surface area contributed by atoms with E-state index in [0.717, 1.165) is 23.8 Å². The summed E-state index contributed by atoms with van der Waals surface area (Å²) in [6.45, 7) is 0.626. The number of ether oxygens (including phenoxy) is 1. The van der Waals surface area contributed by atoms with Gasteiger partial charge in [-0.15, -0.1) is 0 Å². The van der Waals surface area contributed by atoms with Crippen molar-refractivity contribution in [3.8, 4) is 17.9 Å². The van der Waals surface area contributed by atoms with Gasteiger partial charge in [-0.2, -0.15) is 10.5 Å². The van der Waals surface area contributed by atoms with Crippen LogP contribution in [0.1, 0.15) is 22.3 Å². The van der Waals surface area contributed by atoms with Gasteiger partial charge in [-0.1, -0.05) is 48.5 Å². The lowest BCUT2D eigenvalue weighted by Crippen LogP contribution is -2.23. The number of nitrogens with zero attached hydrogens (tertiary/aromatic N) is 2. The van der Waals surface area contributed by atoms with Gasteiger partial charge in [0, 0.05) is 12.1 Å². The number of amides is 1. The second-order valence-corrected chi connectivity index (χ2v) is 9.03. The lowest BCUT2D eigenvalue weighted by atomic mass is 10.1. The van der Waals surface area contributed by atoms with Crippen molar-refractivity contribution in [3.63, 3.8) is 0 Å². The number of benzene rings is 3. The second kappa shape index (κ2) is 11.7. The summed E-state index contributed by atoms with van der Waals surface area (Å²) in [6, 6.07) is 24.7. The third-order valence-electron chi connectivity index (χ3n) is 4.50. The minimum absolute atomic E-state index is 0.0316. The van der Waals surface area contributed by atoms with Crippen molar-refractivity contribution in [2.75, 3.05) is 0 Å². The molecule has 0 aliphatic rings. The van der Waals surface area contributed by atoms with Gasteiger partial charge in [-0.05, 0) is 80.6 Å². The maximum atomic E-state index is 12.5. The van der Waals surface area contributed by atoms with E-state index in [2.05, 4.69) is 56.6 Å². The van der Waals surface area contributed by atoms with Gasteiger partial charge in [0.1, 0.15) is 24.0 Å². The molecule has 0 saturated carbocycles. The predicted molar refractivity (Wildman–Crippen MR) is 139 cm³/mol. The van der Waals surface area contributed by atoms with E-state index in [0.29, 0.717) is 17.9 Å². The van der Waals surface area contributed by atoms with E-state index >= 15 is 0 Å². The van der Waals surface area contributed by atoms with Crippen molar-refractivity contribution in [2.24, 2.45) is 0 Å². The normalized spacial score (nSPS) is 10.7. The van der Waals surface area contributed by atoms with E-state index < -0.39 is 5.91 Å². The van der Waals surface area contributed by atoms with Crippen molar-refractivity contribution in [2.45, 2.75) is 13.2 Å². The number of nitrogens with one attached hydrogen (secondary N) is 1. The number of carbonyl (C=O) groups is 1. The Bertz CT molecular complexity index is 1220. The van der Waals surface area contributed by atoms with Gasteiger partial charge in [0.25, 0.3) is 5.91 Å². The molecule has 0 aliphatic carbocycles. The van der Waals surface area contributed by atoms with Gasteiger partial charge in [0.2, 0.25) is 0 Å². The highest BCUT2D eigenvalue weighted by atomic mass is 127. The Kier molecular flexibility index (Phi) is 8.65. The highest BCUT2D eigenvalue weighted by Gasteiger charge is 2.13. The first-order chi connectivity index (χ1) is 15.5. The van der Waals surface area contributed by atoms with E-state index in [1.165, 1.54) is 0 Å². The van der Waals surface area contributed by atoms with Crippen LogP contribution in [-0.2, 0) is 17.9 Å². The van der Waals surface area contributed by atoms with Crippen LogP contribution in [0.4, 0.5) is 0 Å². The molecule has 1 N–H and O–H groups in total. The van der Waals surface area contributed by atoms with Crippen molar-refractivity contribution >= 4 is 57.2 Å². The third-order valence-corrected chi connectivity index (χ3v) is 6.10. The van der Waals surface area contributed by atoms with E-state index in [4.69, 9.17) is 4.74 Å². The van der Waals surface area contributed by atoms with E-state index in [9.17, 15) is 15.3 Å². The van der Waals surface area contributed by atoms with Crippen LogP contribution in [0.25, 0.3) is 6.08 Å². The summed E-state index contributed by atoms with van der Waals surface area (Å²) in [4.78, 5) is 12.5. The molecule has 3 rings (SSSR count). The largest absolute Gasteiger partial charge is 0.487 e. The van der Waals surface area contributed by atoms with Gasteiger partial charge < -0.3 is 10.1 Å². The molecule has 0 heterocycles. The molecular weight excluding hydrogens is 628 g/mol. The number of hydrogen-bond donors (Lipinski definition) is 1. The Morgan fingerprint density at radius 3 is 2.31 bits per heavy atom. The van der Waals surface area contributed by atoms with Crippen LogP contribution >= 0.6 is 45.2 Å². The zero-order valence-electron chi connectivity index (χ0n) is 16.8. The lowest BCUT2D eigenvalue weighted by Gasteiger charge is -2.12. The molecule has 0 radical (unpaired) electrons. The van der Waals surface area contributed by atoms with E-state index in [1.807, 2.05) is 66.7 Å². The standard InChI is InChI=1S/C25H17I2N3O2/c26-22-11-18(10-21(14-29)25(31)30-15-17-6-2-1-3-7-17)12-23(27)24(22)32-16-20-9-5-4-8-19(20)13-28/h1-12H,15-16H2,(H,30,31)/b21-10-. The molecule has 0 fully saturated rings. The summed E-state index contributed by atoms with van der Waals surface area (Å²) < 4.78 is 7.68. The highest BCUT2D eigenvalue weighted by Crippen LogP contribution is 2.30. The first-order valence-corrected chi connectivity index (χ1v) is 11.7. The molecule has 0 aliphatic heterocycles. The molecule has 0 aromatic heterocycles. The Morgan fingerprint density at radius 2 is 1.66 bits per heavy atom. The predicted octanol–water partition coefficient (Wildman–Crippen LogP) is 5.57. The molecule has 0 unspecified atom stereocenters. The van der Waals surface area contributed by atoms with E-state index in [-0.39, 0.29) is 12.2 Å². The molecule has 3 aromatic carbocycles. The Balaban J connectivity index is 1.74. The van der Waals surface area contributed by atoms with Crippen LogP contribution in [0.3, 0.4) is 0 Å². The second-order valence-electron chi connectivity index (χ2n) is 6.71. The van der Waals surface area contributed by atoms with E-state index in [1.54, 1.807) is 12.1 Å². The van der Waals surface area contributed by atoms with Crippen molar-refractivity contribution < 1.29 is 9.53 Å². The summed E-state index contributed by atoms with van der Waals surface area (Å²) in [5.74, 6) is 0.276. The fourth-order valence-corrected chi connectivity index (χ4v) is 5.02. The molecule has 3 aromatic rings. The van der Waals surface area contributed by atoms with Crippen LogP contribution in [-0.4, -0.2) is 5.91 Å². The number of hydrogen-bond acceptors (Lipinski definition) is 4. The molecule has 1 amide bonds. The van der Waals surface area contributed by atoms with Crippen LogP contribution in [0, 0.1) is 29.8 Å².